The van der Waals surface area contributed by atoms with Crippen LogP contribution in [0.5, 0.6) is 0 Å². The second kappa shape index (κ2) is 6.78. The minimum Gasteiger partial charge on any atom is -0.302 e. The van der Waals surface area contributed by atoms with Crippen LogP contribution in [0.4, 0.5) is 0 Å². The topological polar surface area (TPSA) is 40.9 Å². The molecule has 1 aromatic carbocycles. The highest BCUT2D eigenvalue weighted by Gasteiger charge is 2.03. The Morgan fingerprint density at radius 1 is 1.27 bits per heavy atom. The molecule has 15 heavy (non-hydrogen) atoms. The van der Waals surface area contributed by atoms with E-state index >= 15 is 0 Å². The zero-order valence-electron chi connectivity index (χ0n) is 8.73. The average molecular weight is 201 g/mol. The summed E-state index contributed by atoms with van der Waals surface area (Å²) in [6, 6.07) is 12.2. The van der Waals surface area contributed by atoms with Gasteiger partial charge in [0.05, 0.1) is 6.07 Å². The number of nitriles is 1. The number of rotatable bonds is 6. The van der Waals surface area contributed by atoms with E-state index in [-0.39, 0.29) is 0 Å². The van der Waals surface area contributed by atoms with E-state index in [2.05, 4.69) is 12.1 Å². The largest absolute Gasteiger partial charge is 0.302 e. The number of carbonyl (C=O) groups is 1. The number of hydrogen-bond acceptors (Lipinski definition) is 2. The summed E-state index contributed by atoms with van der Waals surface area (Å²) in [6.45, 7) is 0. The molecule has 0 radical (unpaired) electrons. The van der Waals surface area contributed by atoms with Crippen molar-refractivity contribution in [3.8, 4) is 6.07 Å². The molecule has 0 saturated carbocycles. The van der Waals surface area contributed by atoms with Crippen molar-refractivity contribution in [3.05, 3.63) is 35.9 Å². The summed E-state index contributed by atoms with van der Waals surface area (Å²) in [5, 5.41) is 8.56. The van der Waals surface area contributed by atoms with Crippen LogP contribution in [0.3, 0.4) is 0 Å². The number of carbonyl (C=O) groups excluding carboxylic acids is 1. The summed E-state index contributed by atoms with van der Waals surface area (Å²) in [5.74, 6) is -0.416. The van der Waals surface area contributed by atoms with Crippen LogP contribution in [0.25, 0.3) is 0 Å². The minimum absolute atomic E-state index is 0.416. The smallest absolute Gasteiger partial charge is 0.137 e. The first-order chi connectivity index (χ1) is 7.36. The lowest BCUT2D eigenvalue weighted by Gasteiger charge is -2.02. The van der Waals surface area contributed by atoms with E-state index < -0.39 is 5.92 Å². The van der Waals surface area contributed by atoms with Crippen LogP contribution in [-0.2, 0) is 11.2 Å². The van der Waals surface area contributed by atoms with Gasteiger partial charge in [-0.15, -0.1) is 0 Å². The Balaban J connectivity index is 2.18. The van der Waals surface area contributed by atoms with Gasteiger partial charge >= 0.3 is 0 Å². The molecule has 1 unspecified atom stereocenters. The van der Waals surface area contributed by atoms with E-state index in [9.17, 15) is 4.79 Å². The summed E-state index contributed by atoms with van der Waals surface area (Å²) < 4.78 is 0. The molecule has 0 heterocycles. The van der Waals surface area contributed by atoms with Crippen molar-refractivity contribution in [1.29, 1.82) is 5.26 Å². The third-order valence-corrected chi connectivity index (χ3v) is 2.40. The van der Waals surface area contributed by atoms with Gasteiger partial charge in [0.15, 0.2) is 0 Å². The van der Waals surface area contributed by atoms with Crippen molar-refractivity contribution in [2.75, 3.05) is 0 Å². The fourth-order valence-corrected chi connectivity index (χ4v) is 1.50. The van der Waals surface area contributed by atoms with Crippen LogP contribution in [0, 0.1) is 17.2 Å². The monoisotopic (exact) mass is 201 g/mol. The van der Waals surface area contributed by atoms with E-state index in [0.29, 0.717) is 6.42 Å². The Bertz CT molecular complexity index is 326. The lowest BCUT2D eigenvalue weighted by atomic mass is 10.0. The molecule has 0 fully saturated rings. The van der Waals surface area contributed by atoms with E-state index in [1.54, 1.807) is 0 Å². The van der Waals surface area contributed by atoms with Crippen LogP contribution >= 0.6 is 0 Å². The van der Waals surface area contributed by atoms with Gasteiger partial charge in [-0.3, -0.25) is 0 Å². The maximum atomic E-state index is 10.4. The molecule has 0 spiro atoms. The fraction of sp³-hybridized carbons (Fsp3) is 0.385. The highest BCUT2D eigenvalue weighted by Crippen LogP contribution is 2.09. The van der Waals surface area contributed by atoms with Gasteiger partial charge < -0.3 is 4.79 Å². The molecule has 0 saturated heterocycles. The zero-order valence-corrected chi connectivity index (χ0v) is 8.73. The summed E-state index contributed by atoms with van der Waals surface area (Å²) >= 11 is 0. The van der Waals surface area contributed by atoms with Crippen LogP contribution in [0.2, 0.25) is 0 Å². The van der Waals surface area contributed by atoms with Gasteiger partial charge in [-0.1, -0.05) is 36.8 Å². The first-order valence-corrected chi connectivity index (χ1v) is 5.25. The quantitative estimate of drug-likeness (QED) is 0.524. The molecule has 0 N–H and O–H groups in total. The van der Waals surface area contributed by atoms with Crippen LogP contribution in [0.1, 0.15) is 24.8 Å². The van der Waals surface area contributed by atoms with Crippen molar-refractivity contribution >= 4 is 6.29 Å². The first-order valence-electron chi connectivity index (χ1n) is 5.25. The van der Waals surface area contributed by atoms with E-state index in [1.165, 1.54) is 5.56 Å². The summed E-state index contributed by atoms with van der Waals surface area (Å²) in [6.07, 6.45) is 4.43. The van der Waals surface area contributed by atoms with Gasteiger partial charge in [-0.25, -0.2) is 0 Å². The van der Waals surface area contributed by atoms with Gasteiger partial charge in [0, 0.05) is 0 Å². The predicted molar refractivity (Wildman–Crippen MR) is 59.2 cm³/mol. The summed E-state index contributed by atoms with van der Waals surface area (Å²) in [4.78, 5) is 10.4. The first kappa shape index (κ1) is 11.5. The molecule has 0 aromatic heterocycles. The lowest BCUT2D eigenvalue weighted by Crippen LogP contribution is -1.98. The van der Waals surface area contributed by atoms with E-state index in [0.717, 1.165) is 25.5 Å². The second-order valence-electron chi connectivity index (χ2n) is 3.60. The second-order valence-corrected chi connectivity index (χ2v) is 3.60. The molecule has 0 aliphatic rings. The van der Waals surface area contributed by atoms with E-state index in [1.807, 2.05) is 24.3 Å². The van der Waals surface area contributed by atoms with Gasteiger partial charge in [0.1, 0.15) is 12.2 Å². The average Bonchev–Trinajstić information content (AvgIpc) is 2.31. The number of aldehydes is 1. The van der Waals surface area contributed by atoms with Crippen molar-refractivity contribution in [2.24, 2.45) is 5.92 Å². The standard InChI is InChI=1S/C13H15NO/c14-10-13(11-15)9-5-4-8-12-6-2-1-3-7-12/h1-3,6-7,11,13H,4-5,8-9H2. The molecule has 0 aliphatic heterocycles. The maximum Gasteiger partial charge on any atom is 0.137 e. The molecule has 1 aromatic rings. The fourth-order valence-electron chi connectivity index (χ4n) is 1.50. The zero-order chi connectivity index (χ0) is 10.9. The Morgan fingerprint density at radius 2 is 2.00 bits per heavy atom. The predicted octanol–water partition coefficient (Wildman–Crippen LogP) is 2.74. The number of benzene rings is 1. The molecule has 0 amide bonds. The van der Waals surface area contributed by atoms with Crippen LogP contribution in [0.15, 0.2) is 30.3 Å². The van der Waals surface area contributed by atoms with Gasteiger partial charge in [-0.2, -0.15) is 5.26 Å². The van der Waals surface area contributed by atoms with Gasteiger partial charge in [-0.05, 0) is 24.8 Å². The van der Waals surface area contributed by atoms with Crippen molar-refractivity contribution in [3.63, 3.8) is 0 Å². The van der Waals surface area contributed by atoms with Crippen molar-refractivity contribution < 1.29 is 4.79 Å². The number of hydrogen-bond donors (Lipinski definition) is 0. The van der Waals surface area contributed by atoms with Crippen molar-refractivity contribution in [2.45, 2.75) is 25.7 Å². The third kappa shape index (κ3) is 4.42. The Morgan fingerprint density at radius 3 is 2.60 bits per heavy atom. The lowest BCUT2D eigenvalue weighted by molar-refractivity contribution is -0.109. The third-order valence-electron chi connectivity index (χ3n) is 2.40. The number of nitrogens with zero attached hydrogens (tertiary/aromatic N) is 1. The SMILES string of the molecule is N#CC(C=O)CCCCc1ccccc1. The van der Waals surface area contributed by atoms with Crippen LogP contribution in [-0.4, -0.2) is 6.29 Å². The molecule has 2 nitrogen and oxygen atoms in total. The number of aryl methyl sites for hydroxylation is 1. The molecule has 78 valence electrons. The molecular weight excluding hydrogens is 186 g/mol. The summed E-state index contributed by atoms with van der Waals surface area (Å²) in [5.41, 5.74) is 1.32. The molecule has 2 heteroatoms. The Labute approximate surface area is 90.5 Å². The maximum absolute atomic E-state index is 10.4. The normalized spacial score (nSPS) is 11.7. The molecule has 0 aliphatic carbocycles. The molecule has 0 bridgehead atoms. The molecule has 1 atom stereocenters. The van der Waals surface area contributed by atoms with Crippen LogP contribution < -0.4 is 0 Å². The Kier molecular flexibility index (Phi) is 5.18. The number of unbranched alkanes of at least 4 members (excludes halogenated alkanes) is 1. The summed E-state index contributed by atoms with van der Waals surface area (Å²) in [7, 11) is 0. The molecular formula is C13H15NO. The highest BCUT2D eigenvalue weighted by atomic mass is 16.1. The van der Waals surface area contributed by atoms with Gasteiger partial charge in [0.25, 0.3) is 0 Å². The minimum atomic E-state index is -0.416. The molecule has 1 rings (SSSR count). The van der Waals surface area contributed by atoms with Gasteiger partial charge in [0.2, 0.25) is 0 Å². The highest BCUT2D eigenvalue weighted by molar-refractivity contribution is 5.57. The van der Waals surface area contributed by atoms with Crippen molar-refractivity contribution in [1.82, 2.24) is 0 Å². The van der Waals surface area contributed by atoms with E-state index in [4.69, 9.17) is 5.26 Å². The Hall–Kier alpha value is -1.62.